The molecule has 4 N–H and O–H groups in total. The fraction of sp³-hybridized carbons (Fsp3) is 0.300. The Morgan fingerprint density at radius 1 is 1.36 bits per heavy atom. The molecule has 1 aromatic heterocycles. The van der Waals surface area contributed by atoms with Gasteiger partial charge in [0.15, 0.2) is 0 Å². The van der Waals surface area contributed by atoms with E-state index >= 15 is 0 Å². The average Bonchev–Trinajstić information content (AvgIpc) is 3.26. The fourth-order valence-corrected chi connectivity index (χ4v) is 3.63. The molecule has 0 spiro atoms. The van der Waals surface area contributed by atoms with Gasteiger partial charge in [0.05, 0.1) is 36.5 Å². The molecule has 2 aliphatic heterocycles. The number of nitrogens with one attached hydrogen (secondary N) is 3. The third-order valence-electron chi connectivity index (χ3n) is 5.12. The van der Waals surface area contributed by atoms with Gasteiger partial charge in [-0.25, -0.2) is 4.39 Å². The summed E-state index contributed by atoms with van der Waals surface area (Å²) in [5.74, 6) is -1.09. The summed E-state index contributed by atoms with van der Waals surface area (Å²) in [5.41, 5.74) is 3.68. The largest absolute Gasteiger partial charge is 0.388 e. The van der Waals surface area contributed by atoms with E-state index in [0.29, 0.717) is 39.3 Å². The van der Waals surface area contributed by atoms with E-state index in [1.165, 1.54) is 18.2 Å². The second kappa shape index (κ2) is 6.88. The SMILES string of the molecule is Cc1[nH]c(/C=C2\C(=O)Nc3ccc(F)cc32)c(C)c1C(=O)NC1COCC1O. The molecule has 2 atom stereocenters. The summed E-state index contributed by atoms with van der Waals surface area (Å²) in [6.07, 6.45) is 0.881. The Morgan fingerprint density at radius 3 is 2.86 bits per heavy atom. The molecule has 2 amide bonds. The monoisotopic (exact) mass is 385 g/mol. The number of hydrogen-bond acceptors (Lipinski definition) is 4. The van der Waals surface area contributed by atoms with Gasteiger partial charge in [0.2, 0.25) is 0 Å². The third-order valence-corrected chi connectivity index (χ3v) is 5.12. The number of aryl methyl sites for hydroxylation is 1. The van der Waals surface area contributed by atoms with Crippen LogP contribution in [0.25, 0.3) is 11.6 Å². The van der Waals surface area contributed by atoms with Crippen LogP contribution >= 0.6 is 0 Å². The number of aromatic nitrogens is 1. The first-order valence-electron chi connectivity index (χ1n) is 8.94. The lowest BCUT2D eigenvalue weighted by molar-refractivity contribution is -0.110. The number of halogens is 1. The maximum atomic E-state index is 13.6. The first-order valence-corrected chi connectivity index (χ1v) is 8.94. The number of benzene rings is 1. The molecular weight excluding hydrogens is 365 g/mol. The molecular formula is C20H20FN3O4. The summed E-state index contributed by atoms with van der Waals surface area (Å²) >= 11 is 0. The average molecular weight is 385 g/mol. The highest BCUT2D eigenvalue weighted by Crippen LogP contribution is 2.34. The molecule has 146 valence electrons. The number of amides is 2. The smallest absolute Gasteiger partial charge is 0.256 e. The predicted molar refractivity (Wildman–Crippen MR) is 101 cm³/mol. The van der Waals surface area contributed by atoms with Crippen molar-refractivity contribution >= 4 is 29.2 Å². The lowest BCUT2D eigenvalue weighted by Gasteiger charge is -2.14. The minimum atomic E-state index is -0.737. The molecule has 1 fully saturated rings. The number of aliphatic hydroxyl groups excluding tert-OH is 1. The van der Waals surface area contributed by atoms with E-state index in [4.69, 9.17) is 4.74 Å². The molecule has 2 aliphatic rings. The van der Waals surface area contributed by atoms with Gasteiger partial charge < -0.3 is 25.5 Å². The lowest BCUT2D eigenvalue weighted by Crippen LogP contribution is -2.42. The molecule has 0 bridgehead atoms. The van der Waals surface area contributed by atoms with E-state index in [-0.39, 0.29) is 25.0 Å². The quantitative estimate of drug-likeness (QED) is 0.605. The van der Waals surface area contributed by atoms with Crippen LogP contribution in [-0.2, 0) is 9.53 Å². The van der Waals surface area contributed by atoms with Crippen molar-refractivity contribution in [2.24, 2.45) is 0 Å². The zero-order valence-corrected chi connectivity index (χ0v) is 15.4. The minimum absolute atomic E-state index is 0.193. The normalized spacial score (nSPS) is 22.4. The highest BCUT2D eigenvalue weighted by molar-refractivity contribution is 6.34. The van der Waals surface area contributed by atoms with Crippen molar-refractivity contribution in [3.8, 4) is 0 Å². The van der Waals surface area contributed by atoms with Crippen LogP contribution in [0.3, 0.4) is 0 Å². The van der Waals surface area contributed by atoms with E-state index in [0.717, 1.165) is 0 Å². The van der Waals surface area contributed by atoms with Crippen molar-refractivity contribution in [3.63, 3.8) is 0 Å². The van der Waals surface area contributed by atoms with Crippen LogP contribution in [0, 0.1) is 19.7 Å². The van der Waals surface area contributed by atoms with Gasteiger partial charge in [-0.15, -0.1) is 0 Å². The number of fused-ring (bicyclic) bond motifs is 1. The minimum Gasteiger partial charge on any atom is -0.388 e. The van der Waals surface area contributed by atoms with Crippen molar-refractivity contribution in [2.45, 2.75) is 26.0 Å². The molecule has 2 unspecified atom stereocenters. The van der Waals surface area contributed by atoms with Gasteiger partial charge >= 0.3 is 0 Å². The summed E-state index contributed by atoms with van der Waals surface area (Å²) in [6, 6.07) is 3.65. The topological polar surface area (TPSA) is 103 Å². The Morgan fingerprint density at radius 2 is 2.14 bits per heavy atom. The zero-order chi connectivity index (χ0) is 20.0. The van der Waals surface area contributed by atoms with E-state index in [9.17, 15) is 19.1 Å². The van der Waals surface area contributed by atoms with Gasteiger partial charge in [-0.2, -0.15) is 0 Å². The maximum absolute atomic E-state index is 13.6. The number of carbonyl (C=O) groups excluding carboxylic acids is 2. The van der Waals surface area contributed by atoms with Crippen LogP contribution in [0.2, 0.25) is 0 Å². The molecule has 0 saturated carbocycles. The molecule has 1 aromatic carbocycles. The molecule has 4 rings (SSSR count). The summed E-state index contributed by atoms with van der Waals surface area (Å²) in [5, 5.41) is 15.3. The molecule has 3 heterocycles. The predicted octanol–water partition coefficient (Wildman–Crippen LogP) is 1.75. The number of H-pyrrole nitrogens is 1. The molecule has 8 heteroatoms. The second-order valence-corrected chi connectivity index (χ2v) is 7.05. The Labute approximate surface area is 160 Å². The van der Waals surface area contributed by atoms with Crippen molar-refractivity contribution in [1.82, 2.24) is 10.3 Å². The molecule has 0 aliphatic carbocycles. The molecule has 28 heavy (non-hydrogen) atoms. The number of aromatic amines is 1. The second-order valence-electron chi connectivity index (χ2n) is 7.05. The van der Waals surface area contributed by atoms with Gasteiger partial charge in [0, 0.05) is 22.6 Å². The van der Waals surface area contributed by atoms with Crippen LogP contribution in [0.4, 0.5) is 10.1 Å². The third kappa shape index (κ3) is 3.10. The van der Waals surface area contributed by atoms with E-state index in [1.807, 2.05) is 0 Å². The Hall–Kier alpha value is -2.97. The van der Waals surface area contributed by atoms with Crippen molar-refractivity contribution < 1.29 is 23.8 Å². The number of hydrogen-bond donors (Lipinski definition) is 4. The zero-order valence-electron chi connectivity index (χ0n) is 15.4. The summed E-state index contributed by atoms with van der Waals surface area (Å²) in [7, 11) is 0. The van der Waals surface area contributed by atoms with Gasteiger partial charge in [-0.05, 0) is 43.7 Å². The highest BCUT2D eigenvalue weighted by atomic mass is 19.1. The van der Waals surface area contributed by atoms with Gasteiger partial charge in [0.25, 0.3) is 11.8 Å². The van der Waals surface area contributed by atoms with Crippen LogP contribution in [-0.4, -0.2) is 47.3 Å². The summed E-state index contributed by atoms with van der Waals surface area (Å²) in [4.78, 5) is 28.1. The standard InChI is InChI=1S/C20H20FN3O4/c1-9-15(6-13-12-5-11(21)3-4-14(12)23-19(13)26)22-10(2)18(9)20(27)24-16-7-28-8-17(16)25/h3-6,16-17,22,25H,7-8H2,1-2H3,(H,23,26)(H,24,27)/b13-6-. The number of rotatable bonds is 3. The van der Waals surface area contributed by atoms with Gasteiger partial charge in [-0.3, -0.25) is 9.59 Å². The number of aliphatic hydroxyl groups is 1. The molecule has 2 aromatic rings. The van der Waals surface area contributed by atoms with E-state index in [1.54, 1.807) is 19.9 Å². The maximum Gasteiger partial charge on any atom is 0.256 e. The van der Waals surface area contributed by atoms with Crippen LogP contribution in [0.15, 0.2) is 18.2 Å². The fourth-order valence-electron chi connectivity index (χ4n) is 3.63. The Kier molecular flexibility index (Phi) is 4.52. The van der Waals surface area contributed by atoms with E-state index in [2.05, 4.69) is 15.6 Å². The lowest BCUT2D eigenvalue weighted by atomic mass is 10.0. The Bertz CT molecular complexity index is 1010. The van der Waals surface area contributed by atoms with Crippen LogP contribution < -0.4 is 10.6 Å². The van der Waals surface area contributed by atoms with E-state index < -0.39 is 18.0 Å². The Balaban J connectivity index is 1.67. The molecule has 7 nitrogen and oxygen atoms in total. The molecule has 1 saturated heterocycles. The number of anilines is 1. The molecule has 0 radical (unpaired) electrons. The van der Waals surface area contributed by atoms with Crippen LogP contribution in [0.1, 0.15) is 32.9 Å². The van der Waals surface area contributed by atoms with Crippen molar-refractivity contribution in [1.29, 1.82) is 0 Å². The number of carbonyl (C=O) groups is 2. The van der Waals surface area contributed by atoms with Crippen molar-refractivity contribution in [2.75, 3.05) is 18.5 Å². The summed E-state index contributed by atoms with van der Waals surface area (Å²) < 4.78 is 18.8. The number of ether oxygens (including phenoxy) is 1. The van der Waals surface area contributed by atoms with Crippen LogP contribution in [0.5, 0.6) is 0 Å². The summed E-state index contributed by atoms with van der Waals surface area (Å²) in [6.45, 7) is 3.98. The highest BCUT2D eigenvalue weighted by Gasteiger charge is 2.30. The van der Waals surface area contributed by atoms with Gasteiger partial charge in [0.1, 0.15) is 5.82 Å². The van der Waals surface area contributed by atoms with Gasteiger partial charge in [-0.1, -0.05) is 0 Å². The first kappa shape index (κ1) is 18.4. The van der Waals surface area contributed by atoms with Crippen molar-refractivity contribution in [3.05, 3.63) is 52.1 Å². The first-order chi connectivity index (χ1) is 13.3.